The van der Waals surface area contributed by atoms with Gasteiger partial charge in [-0.2, -0.15) is 0 Å². The molecule has 1 aromatic carbocycles. The average molecular weight is 387 g/mol. The van der Waals surface area contributed by atoms with E-state index in [2.05, 4.69) is 15.5 Å². The van der Waals surface area contributed by atoms with E-state index in [1.54, 1.807) is 24.3 Å². The summed E-state index contributed by atoms with van der Waals surface area (Å²) in [7, 11) is -3.63. The molecule has 1 amide bonds. The molecule has 0 aliphatic heterocycles. The van der Waals surface area contributed by atoms with Crippen LogP contribution >= 0.6 is 23.1 Å². The Balaban J connectivity index is 2.25. The molecule has 0 radical (unpaired) electrons. The fourth-order valence-corrected chi connectivity index (χ4v) is 4.40. The first-order valence-corrected chi connectivity index (χ1v) is 10.9. The standard InChI is InChI=1S/C14H18N4O3S3/c1-9-5-7-11(8-6-9)18(24(4,20)21)10(2)12(19)15-13-16-17-14(22-3)23-13/h5-8,10H,1-4H3,(H,15,16,19)/t10-/m0/s1. The third-order valence-electron chi connectivity index (χ3n) is 3.19. The van der Waals surface area contributed by atoms with Gasteiger partial charge >= 0.3 is 0 Å². The quantitative estimate of drug-likeness (QED) is 0.605. The summed E-state index contributed by atoms with van der Waals surface area (Å²) in [6.07, 6.45) is 2.94. The van der Waals surface area contributed by atoms with Gasteiger partial charge in [-0.25, -0.2) is 8.42 Å². The molecule has 0 fully saturated rings. The van der Waals surface area contributed by atoms with Crippen molar-refractivity contribution in [3.05, 3.63) is 29.8 Å². The van der Waals surface area contributed by atoms with Gasteiger partial charge in [0.05, 0.1) is 11.9 Å². The fraction of sp³-hybridized carbons (Fsp3) is 0.357. The first kappa shape index (κ1) is 18.7. The van der Waals surface area contributed by atoms with Crippen LogP contribution in [0.5, 0.6) is 0 Å². The Morgan fingerprint density at radius 1 is 1.29 bits per heavy atom. The van der Waals surface area contributed by atoms with Crippen LogP contribution in [0.4, 0.5) is 10.8 Å². The van der Waals surface area contributed by atoms with Crippen molar-refractivity contribution >= 4 is 49.8 Å². The van der Waals surface area contributed by atoms with Crippen LogP contribution < -0.4 is 9.62 Å². The summed E-state index contributed by atoms with van der Waals surface area (Å²) in [4.78, 5) is 12.5. The van der Waals surface area contributed by atoms with Crippen molar-refractivity contribution in [2.45, 2.75) is 24.2 Å². The summed E-state index contributed by atoms with van der Waals surface area (Å²) in [6, 6.07) is 6.03. The number of sulfonamides is 1. The molecule has 0 aliphatic rings. The Hall–Kier alpha value is -1.65. The zero-order valence-electron chi connectivity index (χ0n) is 13.7. The van der Waals surface area contributed by atoms with Gasteiger partial charge in [0.2, 0.25) is 21.1 Å². The van der Waals surface area contributed by atoms with Crippen LogP contribution in [0.2, 0.25) is 0 Å². The summed E-state index contributed by atoms with van der Waals surface area (Å²) in [5.74, 6) is -0.468. The topological polar surface area (TPSA) is 92.3 Å². The maximum atomic E-state index is 12.5. The number of carbonyl (C=O) groups is 1. The highest BCUT2D eigenvalue weighted by molar-refractivity contribution is 8.00. The molecule has 1 aromatic heterocycles. The van der Waals surface area contributed by atoms with E-state index < -0.39 is 22.0 Å². The summed E-state index contributed by atoms with van der Waals surface area (Å²) in [6.45, 7) is 3.44. The number of amides is 1. The van der Waals surface area contributed by atoms with E-state index in [0.717, 1.165) is 20.5 Å². The van der Waals surface area contributed by atoms with Gasteiger partial charge in [-0.05, 0) is 32.2 Å². The summed E-state index contributed by atoms with van der Waals surface area (Å²) in [5, 5.41) is 10.7. The third-order valence-corrected chi connectivity index (χ3v) is 6.24. The molecule has 0 bridgehead atoms. The number of carbonyl (C=O) groups excluding carboxylic acids is 1. The molecule has 24 heavy (non-hydrogen) atoms. The molecule has 7 nitrogen and oxygen atoms in total. The summed E-state index contributed by atoms with van der Waals surface area (Å²) in [5.41, 5.74) is 1.44. The number of hydrogen-bond acceptors (Lipinski definition) is 7. The highest BCUT2D eigenvalue weighted by Gasteiger charge is 2.29. The minimum atomic E-state index is -3.63. The molecule has 2 aromatic rings. The number of nitrogens with one attached hydrogen (secondary N) is 1. The van der Waals surface area contributed by atoms with Crippen LogP contribution in [0.15, 0.2) is 28.6 Å². The first-order chi connectivity index (χ1) is 11.2. The SMILES string of the molecule is CSc1nnc(NC(=O)[C@H](C)N(c2ccc(C)cc2)S(C)(=O)=O)s1. The zero-order valence-corrected chi connectivity index (χ0v) is 16.1. The number of hydrogen-bond donors (Lipinski definition) is 1. The third kappa shape index (κ3) is 4.46. The van der Waals surface area contributed by atoms with E-state index >= 15 is 0 Å². The highest BCUT2D eigenvalue weighted by atomic mass is 32.2. The van der Waals surface area contributed by atoms with Gasteiger partial charge in [0.25, 0.3) is 0 Å². The van der Waals surface area contributed by atoms with E-state index in [1.165, 1.54) is 30.0 Å². The number of aromatic nitrogens is 2. The Morgan fingerprint density at radius 3 is 2.42 bits per heavy atom. The Bertz CT molecular complexity index is 818. The van der Waals surface area contributed by atoms with Gasteiger partial charge in [0.1, 0.15) is 6.04 Å². The summed E-state index contributed by atoms with van der Waals surface area (Å²) < 4.78 is 26.2. The van der Waals surface area contributed by atoms with Crippen molar-refractivity contribution in [1.29, 1.82) is 0 Å². The number of anilines is 2. The van der Waals surface area contributed by atoms with Gasteiger partial charge in [-0.15, -0.1) is 10.2 Å². The lowest BCUT2D eigenvalue weighted by molar-refractivity contribution is -0.116. The lowest BCUT2D eigenvalue weighted by Crippen LogP contribution is -2.45. The average Bonchev–Trinajstić information content (AvgIpc) is 2.95. The molecule has 0 spiro atoms. The molecule has 130 valence electrons. The van der Waals surface area contributed by atoms with Gasteiger partial charge in [0, 0.05) is 0 Å². The number of rotatable bonds is 6. The highest BCUT2D eigenvalue weighted by Crippen LogP contribution is 2.25. The Labute approximate surface area is 149 Å². The fourth-order valence-electron chi connectivity index (χ4n) is 2.05. The normalized spacial score (nSPS) is 12.7. The molecule has 2 rings (SSSR count). The van der Waals surface area contributed by atoms with Gasteiger partial charge in [0.15, 0.2) is 4.34 Å². The van der Waals surface area contributed by atoms with Crippen molar-refractivity contribution in [2.24, 2.45) is 0 Å². The molecule has 1 N–H and O–H groups in total. The second kappa shape index (κ2) is 7.49. The van der Waals surface area contributed by atoms with E-state index in [0.29, 0.717) is 10.8 Å². The first-order valence-electron chi connectivity index (χ1n) is 6.97. The minimum Gasteiger partial charge on any atom is -0.299 e. The number of nitrogens with zero attached hydrogens (tertiary/aromatic N) is 3. The van der Waals surface area contributed by atoms with Crippen LogP contribution in [0, 0.1) is 6.92 Å². The van der Waals surface area contributed by atoms with Crippen LogP contribution in [0.1, 0.15) is 12.5 Å². The van der Waals surface area contributed by atoms with E-state index in [4.69, 9.17) is 0 Å². The maximum absolute atomic E-state index is 12.5. The molecular weight excluding hydrogens is 368 g/mol. The number of aryl methyl sites for hydroxylation is 1. The van der Waals surface area contributed by atoms with E-state index in [9.17, 15) is 13.2 Å². The van der Waals surface area contributed by atoms with Crippen molar-refractivity contribution < 1.29 is 13.2 Å². The van der Waals surface area contributed by atoms with Gasteiger partial charge in [-0.1, -0.05) is 40.8 Å². The Kier molecular flexibility index (Phi) is 5.83. The monoisotopic (exact) mass is 386 g/mol. The van der Waals surface area contributed by atoms with Crippen molar-refractivity contribution in [2.75, 3.05) is 22.1 Å². The smallest absolute Gasteiger partial charge is 0.249 e. The molecule has 10 heteroatoms. The molecule has 1 heterocycles. The predicted octanol–water partition coefficient (Wildman–Crippen LogP) is 2.36. The number of thioether (sulfide) groups is 1. The van der Waals surface area contributed by atoms with Crippen molar-refractivity contribution in [3.63, 3.8) is 0 Å². The second-order valence-electron chi connectivity index (χ2n) is 5.14. The summed E-state index contributed by atoms with van der Waals surface area (Å²) >= 11 is 2.66. The lowest BCUT2D eigenvalue weighted by atomic mass is 10.2. The van der Waals surface area contributed by atoms with Crippen molar-refractivity contribution in [1.82, 2.24) is 10.2 Å². The lowest BCUT2D eigenvalue weighted by Gasteiger charge is -2.27. The largest absolute Gasteiger partial charge is 0.299 e. The molecule has 1 atom stereocenters. The molecular formula is C14H18N4O3S3. The Morgan fingerprint density at radius 2 is 1.92 bits per heavy atom. The van der Waals surface area contributed by atoms with Crippen LogP contribution in [-0.4, -0.2) is 43.1 Å². The van der Waals surface area contributed by atoms with Crippen LogP contribution in [-0.2, 0) is 14.8 Å². The minimum absolute atomic E-state index is 0.341. The zero-order chi connectivity index (χ0) is 17.9. The predicted molar refractivity (Wildman–Crippen MR) is 98.3 cm³/mol. The van der Waals surface area contributed by atoms with E-state index in [-0.39, 0.29) is 0 Å². The molecule has 0 aliphatic carbocycles. The molecule has 0 saturated carbocycles. The van der Waals surface area contributed by atoms with Crippen LogP contribution in [0.3, 0.4) is 0 Å². The second-order valence-corrected chi connectivity index (χ2v) is 9.03. The van der Waals surface area contributed by atoms with Crippen molar-refractivity contribution in [3.8, 4) is 0 Å². The van der Waals surface area contributed by atoms with E-state index in [1.807, 2.05) is 13.2 Å². The van der Waals surface area contributed by atoms with Gasteiger partial charge < -0.3 is 0 Å². The van der Waals surface area contributed by atoms with Gasteiger partial charge in [-0.3, -0.25) is 14.4 Å². The maximum Gasteiger partial charge on any atom is 0.249 e. The number of benzene rings is 1. The molecule has 0 saturated heterocycles. The molecule has 0 unspecified atom stereocenters. The van der Waals surface area contributed by atoms with Crippen LogP contribution in [0.25, 0.3) is 0 Å².